The van der Waals surface area contributed by atoms with E-state index < -0.39 is 48.5 Å². The molecule has 44 heavy (non-hydrogen) atoms. The molecule has 7 rings (SSSR count). The van der Waals surface area contributed by atoms with Crippen LogP contribution in [-0.4, -0.2) is 66.3 Å². The molecule has 2 heterocycles. The fourth-order valence-electron chi connectivity index (χ4n) is 11.9. The number of aliphatic hydroxyl groups excluding tert-OH is 1. The third kappa shape index (κ3) is 4.39. The Hall–Kier alpha value is -1.64. The number of amides is 1. The summed E-state index contributed by atoms with van der Waals surface area (Å²) in [7, 11) is 0. The summed E-state index contributed by atoms with van der Waals surface area (Å²) < 4.78 is 24.6. The predicted molar refractivity (Wildman–Crippen MR) is 162 cm³/mol. The molecule has 244 valence electrons. The topological polar surface area (TPSA) is 105 Å². The molecule has 0 aromatic rings. The number of hydrogen-bond acceptors (Lipinski definition) is 6. The van der Waals surface area contributed by atoms with Crippen LogP contribution in [0.1, 0.15) is 98.8 Å². The molecule has 0 bridgehead atoms. The molecule has 6 fully saturated rings. The maximum atomic E-state index is 14.8. The molecule has 2 saturated heterocycles. The molecule has 4 saturated carbocycles. The number of allylic oxidation sites excluding steroid dienone is 2. The first-order valence-electron chi connectivity index (χ1n) is 17.4. The Balaban J connectivity index is 1.21. The second kappa shape index (κ2) is 10.4. The van der Waals surface area contributed by atoms with Crippen molar-refractivity contribution in [3.05, 3.63) is 11.6 Å². The number of halogens is 1. The summed E-state index contributed by atoms with van der Waals surface area (Å²) in [6.07, 6.45) is 7.17. The fraction of sp³-hybridized carbons (Fsp3) is 0.861. The number of ether oxygens (including phenoxy) is 2. The number of rotatable bonds is 5. The molecule has 0 aromatic heterocycles. The van der Waals surface area contributed by atoms with Crippen LogP contribution in [0.2, 0.25) is 0 Å². The maximum Gasteiger partial charge on any atom is 0.252 e. The zero-order chi connectivity index (χ0) is 31.4. The minimum absolute atomic E-state index is 0.0696. The van der Waals surface area contributed by atoms with E-state index >= 15 is 0 Å². The minimum atomic E-state index is -1.14. The predicted octanol–water partition coefficient (Wildman–Crippen LogP) is 5.13. The lowest BCUT2D eigenvalue weighted by Gasteiger charge is -2.66. The number of Topliss-reactive ketones (excluding diaryl/α,β-unsaturated/α-hetero) is 2. The third-order valence-corrected chi connectivity index (χ3v) is 14.4. The SMILES string of the molecule is CC1C(=O)CCC2(C)C1CCC1(C)C3CCC4(C(=O)C5OC(C(=O)NCCF)C6OC6C5O)CCC(C)(C)CC4C3=CCC12. The zero-order valence-electron chi connectivity index (χ0n) is 27.2. The molecule has 5 aliphatic carbocycles. The summed E-state index contributed by atoms with van der Waals surface area (Å²) in [5.41, 5.74) is 1.16. The first-order chi connectivity index (χ1) is 20.8. The van der Waals surface area contributed by atoms with Gasteiger partial charge in [-0.05, 0) is 97.7 Å². The van der Waals surface area contributed by atoms with Gasteiger partial charge in [0.15, 0.2) is 11.9 Å². The Bertz CT molecular complexity index is 1260. The van der Waals surface area contributed by atoms with Crippen LogP contribution in [-0.2, 0) is 23.9 Å². The molecular formula is C36H52FNO6. The van der Waals surface area contributed by atoms with Crippen LogP contribution < -0.4 is 5.32 Å². The Morgan fingerprint density at radius 3 is 2.50 bits per heavy atom. The van der Waals surface area contributed by atoms with E-state index in [0.717, 1.165) is 57.8 Å². The number of epoxide rings is 1. The van der Waals surface area contributed by atoms with Gasteiger partial charge in [-0.2, -0.15) is 0 Å². The number of ketones is 2. The van der Waals surface area contributed by atoms with E-state index in [0.29, 0.717) is 30.0 Å². The second-order valence-electron chi connectivity index (χ2n) is 16.9. The van der Waals surface area contributed by atoms with Crippen molar-refractivity contribution >= 4 is 17.5 Å². The van der Waals surface area contributed by atoms with Crippen molar-refractivity contribution in [2.24, 2.45) is 51.2 Å². The quantitative estimate of drug-likeness (QED) is 0.329. The summed E-state index contributed by atoms with van der Waals surface area (Å²) in [6, 6.07) is 0. The number of hydrogen-bond donors (Lipinski definition) is 2. The second-order valence-corrected chi connectivity index (χ2v) is 16.9. The van der Waals surface area contributed by atoms with Crippen LogP contribution in [0, 0.1) is 51.2 Å². The molecule has 0 aromatic carbocycles. The lowest BCUT2D eigenvalue weighted by atomic mass is 9.38. The molecule has 0 radical (unpaired) electrons. The number of nitrogens with one attached hydrogen (secondary N) is 1. The summed E-state index contributed by atoms with van der Waals surface area (Å²) in [5.74, 6) is 1.45. The van der Waals surface area contributed by atoms with Crippen molar-refractivity contribution in [3.8, 4) is 0 Å². The number of aliphatic hydroxyl groups is 1. The molecule has 7 aliphatic rings. The summed E-state index contributed by atoms with van der Waals surface area (Å²) in [5, 5.41) is 13.8. The monoisotopic (exact) mass is 613 g/mol. The van der Waals surface area contributed by atoms with E-state index in [9.17, 15) is 23.9 Å². The Kier molecular flexibility index (Phi) is 7.35. The molecular weight excluding hydrogens is 561 g/mol. The van der Waals surface area contributed by atoms with Crippen LogP contribution in [0.3, 0.4) is 0 Å². The first kappa shape index (κ1) is 31.0. The van der Waals surface area contributed by atoms with Gasteiger partial charge in [0, 0.05) is 24.3 Å². The molecule has 1 amide bonds. The fourth-order valence-corrected chi connectivity index (χ4v) is 11.9. The van der Waals surface area contributed by atoms with Crippen LogP contribution in [0.15, 0.2) is 11.6 Å². The number of carbonyl (C=O) groups excluding carboxylic acids is 3. The van der Waals surface area contributed by atoms with Crippen molar-refractivity contribution in [3.63, 3.8) is 0 Å². The normalized spacial score (nSPS) is 50.5. The van der Waals surface area contributed by atoms with Gasteiger partial charge in [0.2, 0.25) is 0 Å². The Labute approximate surface area is 261 Å². The lowest BCUT2D eigenvalue weighted by Crippen LogP contribution is -2.62. The van der Waals surface area contributed by atoms with E-state index in [-0.39, 0.29) is 40.4 Å². The Morgan fingerprint density at radius 2 is 1.75 bits per heavy atom. The van der Waals surface area contributed by atoms with Crippen LogP contribution in [0.5, 0.6) is 0 Å². The first-order valence-corrected chi connectivity index (χ1v) is 17.4. The molecule has 13 unspecified atom stereocenters. The highest BCUT2D eigenvalue weighted by atomic mass is 19.1. The van der Waals surface area contributed by atoms with Gasteiger partial charge in [-0.1, -0.05) is 46.3 Å². The van der Waals surface area contributed by atoms with E-state index in [1.807, 2.05) is 0 Å². The van der Waals surface area contributed by atoms with Gasteiger partial charge in [0.25, 0.3) is 5.91 Å². The number of alkyl halides is 1. The number of fused-ring (bicyclic) bond motifs is 8. The summed E-state index contributed by atoms with van der Waals surface area (Å²) in [4.78, 5) is 40.4. The van der Waals surface area contributed by atoms with Crippen molar-refractivity contribution in [1.29, 1.82) is 0 Å². The molecule has 2 N–H and O–H groups in total. The van der Waals surface area contributed by atoms with Crippen molar-refractivity contribution < 1.29 is 33.4 Å². The largest absolute Gasteiger partial charge is 0.387 e. The van der Waals surface area contributed by atoms with Gasteiger partial charge >= 0.3 is 0 Å². The number of carbonyl (C=O) groups is 3. The average molecular weight is 614 g/mol. The highest BCUT2D eigenvalue weighted by molar-refractivity contribution is 5.92. The summed E-state index contributed by atoms with van der Waals surface area (Å²) in [6.45, 7) is 11.0. The van der Waals surface area contributed by atoms with Crippen molar-refractivity contribution in [2.75, 3.05) is 13.2 Å². The van der Waals surface area contributed by atoms with E-state index in [2.05, 4.69) is 46.0 Å². The van der Waals surface area contributed by atoms with Crippen LogP contribution >= 0.6 is 0 Å². The van der Waals surface area contributed by atoms with Crippen LogP contribution in [0.25, 0.3) is 0 Å². The molecule has 8 heteroatoms. The molecule has 13 atom stereocenters. The van der Waals surface area contributed by atoms with Gasteiger partial charge in [-0.3, -0.25) is 14.4 Å². The van der Waals surface area contributed by atoms with E-state index in [1.165, 1.54) is 5.57 Å². The maximum absolute atomic E-state index is 14.8. The third-order valence-electron chi connectivity index (χ3n) is 14.4. The van der Waals surface area contributed by atoms with Gasteiger partial charge < -0.3 is 19.9 Å². The van der Waals surface area contributed by atoms with Gasteiger partial charge in [-0.15, -0.1) is 0 Å². The van der Waals surface area contributed by atoms with E-state index in [1.54, 1.807) is 0 Å². The molecule has 7 nitrogen and oxygen atoms in total. The highest BCUT2D eigenvalue weighted by Crippen LogP contribution is 2.71. The van der Waals surface area contributed by atoms with Crippen molar-refractivity contribution in [1.82, 2.24) is 5.32 Å². The van der Waals surface area contributed by atoms with E-state index in [4.69, 9.17) is 9.47 Å². The van der Waals surface area contributed by atoms with Gasteiger partial charge in [0.05, 0.1) is 0 Å². The summed E-state index contributed by atoms with van der Waals surface area (Å²) >= 11 is 0. The molecule has 2 aliphatic heterocycles. The standard InChI is InChI=1S/C36H52FNO6/c1-19-21-8-11-35(5)22-9-13-36(31(41)28-26(40)27-29(43-27)30(44-28)32(42)38-17-16-37)15-14-33(2,3)18-23(36)20(22)6-7-25(35)34(21,4)12-10-24(19)39/h6,19,21-23,25-30,40H,7-18H2,1-5H3,(H,38,42). The molecule has 0 spiro atoms. The minimum Gasteiger partial charge on any atom is -0.387 e. The zero-order valence-corrected chi connectivity index (χ0v) is 27.2. The lowest BCUT2D eigenvalue weighted by molar-refractivity contribution is -0.176. The van der Waals surface area contributed by atoms with Crippen molar-refractivity contribution in [2.45, 2.75) is 129 Å². The van der Waals surface area contributed by atoms with Crippen LogP contribution in [0.4, 0.5) is 4.39 Å². The Morgan fingerprint density at radius 1 is 0.977 bits per heavy atom. The highest BCUT2D eigenvalue weighted by Gasteiger charge is 2.67. The smallest absolute Gasteiger partial charge is 0.252 e. The van der Waals surface area contributed by atoms with Gasteiger partial charge in [-0.25, -0.2) is 4.39 Å². The van der Waals surface area contributed by atoms with Gasteiger partial charge in [0.1, 0.15) is 36.9 Å². The average Bonchev–Trinajstić information content (AvgIpc) is 3.79.